The highest BCUT2D eigenvalue weighted by Gasteiger charge is 2.29. The number of amides is 1. The van der Waals surface area contributed by atoms with Gasteiger partial charge in [0.1, 0.15) is 5.60 Å². The number of halogens is 1. The number of rotatable bonds is 2. The van der Waals surface area contributed by atoms with Crippen molar-refractivity contribution in [2.75, 3.05) is 6.67 Å². The summed E-state index contributed by atoms with van der Waals surface area (Å²) in [7, 11) is 0. The summed E-state index contributed by atoms with van der Waals surface area (Å²) in [5, 5.41) is 2.74. The van der Waals surface area contributed by atoms with Gasteiger partial charge in [0.2, 0.25) is 0 Å². The Balaban J connectivity index is 2.37. The fourth-order valence-electron chi connectivity index (χ4n) is 1.87. The Morgan fingerprint density at radius 1 is 1.47 bits per heavy atom. The molecule has 2 atom stereocenters. The zero-order chi connectivity index (χ0) is 11.5. The second-order valence-corrected chi connectivity index (χ2v) is 5.10. The maximum Gasteiger partial charge on any atom is 0.407 e. The molecule has 0 spiro atoms. The molecule has 1 rings (SSSR count). The molecule has 3 nitrogen and oxygen atoms in total. The quantitative estimate of drug-likeness (QED) is 0.772. The molecular weight excluding hydrogens is 197 g/mol. The standard InChI is InChI=1S/C11H20FNO2/c1-11(2,3)15-10(14)13-9-6-4-5-8(9)7-12/h8-9H,4-7H2,1-3H3,(H,13,14)/t8-,9+/m0/s1. The molecule has 1 fully saturated rings. The summed E-state index contributed by atoms with van der Waals surface area (Å²) in [6, 6.07) is -0.0511. The van der Waals surface area contributed by atoms with Gasteiger partial charge in [-0.15, -0.1) is 0 Å². The van der Waals surface area contributed by atoms with Crippen molar-refractivity contribution in [3.8, 4) is 0 Å². The average molecular weight is 217 g/mol. The Hall–Kier alpha value is -0.800. The molecule has 0 aliphatic heterocycles. The number of ether oxygens (including phenoxy) is 1. The van der Waals surface area contributed by atoms with E-state index in [2.05, 4.69) is 5.32 Å². The van der Waals surface area contributed by atoms with E-state index in [-0.39, 0.29) is 18.6 Å². The summed E-state index contributed by atoms with van der Waals surface area (Å²) in [5.74, 6) is -0.0301. The predicted molar refractivity (Wildman–Crippen MR) is 56.5 cm³/mol. The van der Waals surface area contributed by atoms with Crippen LogP contribution in [0.15, 0.2) is 0 Å². The van der Waals surface area contributed by atoms with E-state index >= 15 is 0 Å². The molecule has 4 heteroatoms. The molecular formula is C11H20FNO2. The molecule has 0 radical (unpaired) electrons. The normalized spacial score (nSPS) is 26.4. The largest absolute Gasteiger partial charge is 0.444 e. The van der Waals surface area contributed by atoms with Crippen LogP contribution < -0.4 is 5.32 Å². The van der Waals surface area contributed by atoms with Crippen molar-refractivity contribution in [1.82, 2.24) is 5.32 Å². The van der Waals surface area contributed by atoms with Crippen molar-refractivity contribution in [3.05, 3.63) is 0 Å². The number of nitrogens with one attached hydrogen (secondary N) is 1. The molecule has 1 amide bonds. The molecule has 1 saturated carbocycles. The van der Waals surface area contributed by atoms with Crippen LogP contribution in [0.25, 0.3) is 0 Å². The lowest BCUT2D eigenvalue weighted by molar-refractivity contribution is 0.0489. The van der Waals surface area contributed by atoms with Gasteiger partial charge in [-0.05, 0) is 33.6 Å². The highest BCUT2D eigenvalue weighted by Crippen LogP contribution is 2.26. The van der Waals surface area contributed by atoms with Gasteiger partial charge in [0.05, 0.1) is 6.67 Å². The Morgan fingerprint density at radius 2 is 2.13 bits per heavy atom. The molecule has 0 bridgehead atoms. The van der Waals surface area contributed by atoms with Gasteiger partial charge in [-0.1, -0.05) is 6.42 Å². The average Bonchev–Trinajstić information content (AvgIpc) is 2.48. The molecule has 0 aromatic heterocycles. The van der Waals surface area contributed by atoms with Crippen LogP contribution in [0.4, 0.5) is 9.18 Å². The van der Waals surface area contributed by atoms with Gasteiger partial charge in [0.15, 0.2) is 0 Å². The molecule has 88 valence electrons. The van der Waals surface area contributed by atoms with Crippen LogP contribution in [0.3, 0.4) is 0 Å². The Labute approximate surface area is 90.4 Å². The van der Waals surface area contributed by atoms with Crippen molar-refractivity contribution in [3.63, 3.8) is 0 Å². The summed E-state index contributed by atoms with van der Waals surface area (Å²) in [6.07, 6.45) is 2.26. The van der Waals surface area contributed by atoms with Crippen molar-refractivity contribution in [2.45, 2.75) is 51.7 Å². The van der Waals surface area contributed by atoms with Gasteiger partial charge in [-0.25, -0.2) is 4.79 Å². The number of alkyl carbamates (subject to hydrolysis) is 1. The minimum Gasteiger partial charge on any atom is -0.444 e. The van der Waals surface area contributed by atoms with Crippen molar-refractivity contribution in [1.29, 1.82) is 0 Å². The van der Waals surface area contributed by atoms with Crippen LogP contribution in [-0.4, -0.2) is 24.4 Å². The third-order valence-electron chi connectivity index (χ3n) is 2.56. The molecule has 0 aromatic carbocycles. The number of carbonyl (C=O) groups excluding carboxylic acids is 1. The van der Waals surface area contributed by atoms with E-state index in [0.717, 1.165) is 19.3 Å². The molecule has 15 heavy (non-hydrogen) atoms. The van der Waals surface area contributed by atoms with E-state index in [9.17, 15) is 9.18 Å². The van der Waals surface area contributed by atoms with Gasteiger partial charge < -0.3 is 10.1 Å². The molecule has 0 aromatic rings. The monoisotopic (exact) mass is 217 g/mol. The minimum absolute atomic E-state index is 0.0301. The van der Waals surface area contributed by atoms with Gasteiger partial charge in [0, 0.05) is 12.0 Å². The molecule has 1 N–H and O–H groups in total. The minimum atomic E-state index is -0.492. The fraction of sp³-hybridized carbons (Fsp3) is 0.909. The van der Waals surface area contributed by atoms with Crippen LogP contribution in [0.5, 0.6) is 0 Å². The molecule has 0 unspecified atom stereocenters. The smallest absolute Gasteiger partial charge is 0.407 e. The molecule has 1 aliphatic rings. The fourth-order valence-corrected chi connectivity index (χ4v) is 1.87. The number of hydrogen-bond acceptors (Lipinski definition) is 2. The van der Waals surface area contributed by atoms with Gasteiger partial charge in [-0.2, -0.15) is 0 Å². The van der Waals surface area contributed by atoms with E-state index in [1.54, 1.807) is 0 Å². The lowest BCUT2D eigenvalue weighted by Gasteiger charge is -2.23. The number of alkyl halides is 1. The van der Waals surface area contributed by atoms with Crippen LogP contribution in [0.1, 0.15) is 40.0 Å². The SMILES string of the molecule is CC(C)(C)OC(=O)N[C@@H]1CCC[C@H]1CF. The summed E-state index contributed by atoms with van der Waals surface area (Å²) in [4.78, 5) is 11.4. The van der Waals surface area contributed by atoms with Crippen molar-refractivity contribution in [2.24, 2.45) is 5.92 Å². The van der Waals surface area contributed by atoms with E-state index in [1.165, 1.54) is 0 Å². The molecule has 1 aliphatic carbocycles. The first-order valence-corrected chi connectivity index (χ1v) is 5.48. The Morgan fingerprint density at radius 3 is 2.67 bits per heavy atom. The van der Waals surface area contributed by atoms with Crippen LogP contribution in [-0.2, 0) is 4.74 Å². The lowest BCUT2D eigenvalue weighted by atomic mass is 10.1. The maximum absolute atomic E-state index is 12.5. The number of carbonyl (C=O) groups is 1. The lowest BCUT2D eigenvalue weighted by Crippen LogP contribution is -2.41. The summed E-state index contributed by atoms with van der Waals surface area (Å²) >= 11 is 0. The van der Waals surface area contributed by atoms with E-state index < -0.39 is 11.7 Å². The van der Waals surface area contributed by atoms with Crippen LogP contribution >= 0.6 is 0 Å². The third kappa shape index (κ3) is 4.06. The van der Waals surface area contributed by atoms with Gasteiger partial charge in [-0.3, -0.25) is 4.39 Å². The van der Waals surface area contributed by atoms with Gasteiger partial charge in [0.25, 0.3) is 0 Å². The summed E-state index contributed by atoms with van der Waals surface area (Å²) in [6.45, 7) is 5.08. The van der Waals surface area contributed by atoms with Crippen LogP contribution in [0.2, 0.25) is 0 Å². The van der Waals surface area contributed by atoms with Gasteiger partial charge >= 0.3 is 6.09 Å². The maximum atomic E-state index is 12.5. The second kappa shape index (κ2) is 4.81. The molecule has 0 heterocycles. The van der Waals surface area contributed by atoms with E-state index in [1.807, 2.05) is 20.8 Å². The third-order valence-corrected chi connectivity index (χ3v) is 2.56. The van der Waals surface area contributed by atoms with E-state index in [4.69, 9.17) is 4.74 Å². The Bertz CT molecular complexity index is 225. The predicted octanol–water partition coefficient (Wildman–Crippen LogP) is 2.65. The van der Waals surface area contributed by atoms with Crippen molar-refractivity contribution < 1.29 is 13.9 Å². The summed E-state index contributed by atoms with van der Waals surface area (Å²) < 4.78 is 17.7. The topological polar surface area (TPSA) is 38.3 Å². The highest BCUT2D eigenvalue weighted by molar-refractivity contribution is 5.68. The number of hydrogen-bond donors (Lipinski definition) is 1. The zero-order valence-corrected chi connectivity index (χ0v) is 9.68. The first-order valence-electron chi connectivity index (χ1n) is 5.48. The van der Waals surface area contributed by atoms with E-state index in [0.29, 0.717) is 0 Å². The van der Waals surface area contributed by atoms with Crippen LogP contribution in [0, 0.1) is 5.92 Å². The second-order valence-electron chi connectivity index (χ2n) is 5.10. The van der Waals surface area contributed by atoms with Crippen molar-refractivity contribution >= 4 is 6.09 Å². The molecule has 0 saturated heterocycles. The highest BCUT2D eigenvalue weighted by atomic mass is 19.1. The zero-order valence-electron chi connectivity index (χ0n) is 9.68. The Kier molecular flexibility index (Phi) is 3.94. The first kappa shape index (κ1) is 12.3. The first-order chi connectivity index (χ1) is 6.92. The summed E-state index contributed by atoms with van der Waals surface area (Å²) in [5.41, 5.74) is -0.492.